The highest BCUT2D eigenvalue weighted by Crippen LogP contribution is 2.14. The SMILES string of the molecule is CC(CC(N)=NO)NC(C)c1ccc(F)cc1. The monoisotopic (exact) mass is 239 g/mol. The lowest BCUT2D eigenvalue weighted by atomic mass is 10.1. The molecule has 0 spiro atoms. The number of oxime groups is 1. The van der Waals surface area contributed by atoms with E-state index in [2.05, 4.69) is 10.5 Å². The molecule has 0 aliphatic carbocycles. The highest BCUT2D eigenvalue weighted by Gasteiger charge is 2.10. The quantitative estimate of drug-likeness (QED) is 0.318. The minimum atomic E-state index is -0.245. The largest absolute Gasteiger partial charge is 0.409 e. The van der Waals surface area contributed by atoms with E-state index in [-0.39, 0.29) is 23.7 Å². The van der Waals surface area contributed by atoms with Gasteiger partial charge in [-0.05, 0) is 31.5 Å². The van der Waals surface area contributed by atoms with Crippen molar-refractivity contribution in [3.63, 3.8) is 0 Å². The first kappa shape index (κ1) is 13.4. The van der Waals surface area contributed by atoms with Crippen LogP contribution < -0.4 is 11.1 Å². The summed E-state index contributed by atoms with van der Waals surface area (Å²) in [5.41, 5.74) is 6.42. The highest BCUT2D eigenvalue weighted by atomic mass is 19.1. The summed E-state index contributed by atoms with van der Waals surface area (Å²) in [6, 6.07) is 6.50. The average Bonchev–Trinajstić information content (AvgIpc) is 2.29. The molecule has 0 amide bonds. The molecule has 0 saturated heterocycles. The molecule has 1 aromatic rings. The molecule has 0 aromatic heterocycles. The maximum absolute atomic E-state index is 12.7. The molecule has 0 saturated carbocycles. The number of halogens is 1. The fraction of sp³-hybridized carbons (Fsp3) is 0.417. The van der Waals surface area contributed by atoms with E-state index in [0.717, 1.165) is 5.56 Å². The van der Waals surface area contributed by atoms with Crippen LogP contribution in [0.5, 0.6) is 0 Å². The lowest BCUT2D eigenvalue weighted by Crippen LogP contribution is -2.33. The van der Waals surface area contributed by atoms with Gasteiger partial charge in [0.15, 0.2) is 0 Å². The number of nitrogens with zero attached hydrogens (tertiary/aromatic N) is 1. The molecule has 94 valence electrons. The van der Waals surface area contributed by atoms with Gasteiger partial charge in [-0.2, -0.15) is 0 Å². The Hall–Kier alpha value is -1.62. The summed E-state index contributed by atoms with van der Waals surface area (Å²) in [6.07, 6.45) is 0.460. The molecule has 4 N–H and O–H groups in total. The second kappa shape index (κ2) is 6.20. The standard InChI is InChI=1S/C12H18FN3O/c1-8(7-12(14)16-17)15-9(2)10-3-5-11(13)6-4-10/h3-6,8-9,15,17H,7H2,1-2H3,(H2,14,16). The zero-order valence-corrected chi connectivity index (χ0v) is 10.0. The van der Waals surface area contributed by atoms with E-state index in [1.54, 1.807) is 12.1 Å². The number of hydrogen-bond donors (Lipinski definition) is 3. The van der Waals surface area contributed by atoms with Crippen molar-refractivity contribution in [3.05, 3.63) is 35.6 Å². The molecule has 17 heavy (non-hydrogen) atoms. The van der Waals surface area contributed by atoms with Gasteiger partial charge in [0.05, 0.1) is 0 Å². The third-order valence-corrected chi connectivity index (χ3v) is 2.55. The van der Waals surface area contributed by atoms with Gasteiger partial charge in [0.2, 0.25) is 0 Å². The lowest BCUT2D eigenvalue weighted by Gasteiger charge is -2.19. The van der Waals surface area contributed by atoms with Crippen molar-refractivity contribution < 1.29 is 9.60 Å². The third-order valence-electron chi connectivity index (χ3n) is 2.55. The summed E-state index contributed by atoms with van der Waals surface area (Å²) < 4.78 is 12.7. The Balaban J connectivity index is 2.54. The van der Waals surface area contributed by atoms with Crippen LogP contribution in [0.25, 0.3) is 0 Å². The van der Waals surface area contributed by atoms with E-state index in [1.165, 1.54) is 12.1 Å². The molecule has 0 fully saturated rings. The maximum atomic E-state index is 12.7. The van der Waals surface area contributed by atoms with Crippen molar-refractivity contribution in [2.45, 2.75) is 32.4 Å². The summed E-state index contributed by atoms with van der Waals surface area (Å²) in [7, 11) is 0. The summed E-state index contributed by atoms with van der Waals surface area (Å²) in [4.78, 5) is 0. The normalized spacial score (nSPS) is 15.6. The van der Waals surface area contributed by atoms with Crippen LogP contribution in [0.15, 0.2) is 29.4 Å². The minimum Gasteiger partial charge on any atom is -0.409 e. The van der Waals surface area contributed by atoms with Crippen LogP contribution in [0.2, 0.25) is 0 Å². The molecule has 0 aliphatic heterocycles. The van der Waals surface area contributed by atoms with Crippen molar-refractivity contribution in [2.75, 3.05) is 0 Å². The zero-order valence-electron chi connectivity index (χ0n) is 10.0. The Kier molecular flexibility index (Phi) is 4.90. The molecule has 2 atom stereocenters. The van der Waals surface area contributed by atoms with Gasteiger partial charge in [-0.3, -0.25) is 0 Å². The van der Waals surface area contributed by atoms with E-state index >= 15 is 0 Å². The van der Waals surface area contributed by atoms with Crippen LogP contribution in [0, 0.1) is 5.82 Å². The summed E-state index contributed by atoms with van der Waals surface area (Å²) in [5.74, 6) is -0.0537. The third kappa shape index (κ3) is 4.40. The van der Waals surface area contributed by atoms with Crippen molar-refractivity contribution in [1.82, 2.24) is 5.32 Å². The van der Waals surface area contributed by atoms with Gasteiger partial charge in [-0.15, -0.1) is 0 Å². The predicted molar refractivity (Wildman–Crippen MR) is 65.4 cm³/mol. The fourth-order valence-electron chi connectivity index (χ4n) is 1.69. The van der Waals surface area contributed by atoms with Crippen molar-refractivity contribution in [3.8, 4) is 0 Å². The Morgan fingerprint density at radius 1 is 1.41 bits per heavy atom. The van der Waals surface area contributed by atoms with Gasteiger partial charge in [-0.25, -0.2) is 4.39 Å². The number of hydrogen-bond acceptors (Lipinski definition) is 3. The van der Waals surface area contributed by atoms with Gasteiger partial charge >= 0.3 is 0 Å². The Labute approximate surface area is 100 Å². The maximum Gasteiger partial charge on any atom is 0.140 e. The Morgan fingerprint density at radius 2 is 2.00 bits per heavy atom. The molecular formula is C12H18FN3O. The molecule has 0 aliphatic rings. The van der Waals surface area contributed by atoms with Crippen molar-refractivity contribution >= 4 is 5.84 Å². The van der Waals surface area contributed by atoms with Crippen LogP contribution >= 0.6 is 0 Å². The molecule has 1 aromatic carbocycles. The molecule has 0 radical (unpaired) electrons. The van der Waals surface area contributed by atoms with Gasteiger partial charge in [-0.1, -0.05) is 17.3 Å². The second-order valence-corrected chi connectivity index (χ2v) is 4.14. The van der Waals surface area contributed by atoms with Crippen LogP contribution in [0.3, 0.4) is 0 Å². The van der Waals surface area contributed by atoms with Crippen molar-refractivity contribution in [1.29, 1.82) is 0 Å². The summed E-state index contributed by atoms with van der Waals surface area (Å²) >= 11 is 0. The van der Waals surface area contributed by atoms with Gasteiger partial charge in [0, 0.05) is 18.5 Å². The number of rotatable bonds is 5. The van der Waals surface area contributed by atoms with Crippen LogP contribution in [0.1, 0.15) is 31.9 Å². The van der Waals surface area contributed by atoms with Crippen LogP contribution in [-0.4, -0.2) is 17.1 Å². The molecule has 0 heterocycles. The predicted octanol–water partition coefficient (Wildman–Crippen LogP) is 2.00. The first-order valence-electron chi connectivity index (χ1n) is 5.51. The van der Waals surface area contributed by atoms with E-state index in [1.807, 2.05) is 13.8 Å². The first-order chi connectivity index (χ1) is 8.02. The van der Waals surface area contributed by atoms with E-state index in [0.29, 0.717) is 6.42 Å². The topological polar surface area (TPSA) is 70.6 Å². The summed E-state index contributed by atoms with van der Waals surface area (Å²) in [6.45, 7) is 3.92. The van der Waals surface area contributed by atoms with Gasteiger partial charge in [0.25, 0.3) is 0 Å². The van der Waals surface area contributed by atoms with Gasteiger partial charge in [0.1, 0.15) is 11.7 Å². The van der Waals surface area contributed by atoms with E-state index in [9.17, 15) is 4.39 Å². The van der Waals surface area contributed by atoms with E-state index < -0.39 is 0 Å². The highest BCUT2D eigenvalue weighted by molar-refractivity contribution is 5.80. The lowest BCUT2D eigenvalue weighted by molar-refractivity contribution is 0.315. The number of benzene rings is 1. The van der Waals surface area contributed by atoms with Crippen LogP contribution in [-0.2, 0) is 0 Å². The van der Waals surface area contributed by atoms with E-state index in [4.69, 9.17) is 10.9 Å². The molecule has 1 rings (SSSR count). The molecule has 2 unspecified atom stereocenters. The smallest absolute Gasteiger partial charge is 0.140 e. The molecule has 0 bridgehead atoms. The fourth-order valence-corrected chi connectivity index (χ4v) is 1.69. The number of amidine groups is 1. The Bertz CT molecular complexity index is 378. The first-order valence-corrected chi connectivity index (χ1v) is 5.51. The molecule has 5 heteroatoms. The van der Waals surface area contributed by atoms with Crippen molar-refractivity contribution in [2.24, 2.45) is 10.9 Å². The van der Waals surface area contributed by atoms with Crippen LogP contribution in [0.4, 0.5) is 4.39 Å². The molecular weight excluding hydrogens is 221 g/mol. The Morgan fingerprint density at radius 3 is 2.53 bits per heavy atom. The zero-order chi connectivity index (χ0) is 12.8. The second-order valence-electron chi connectivity index (χ2n) is 4.14. The number of nitrogens with two attached hydrogens (primary N) is 1. The average molecular weight is 239 g/mol. The summed E-state index contributed by atoms with van der Waals surface area (Å²) in [5, 5.41) is 14.7. The molecule has 4 nitrogen and oxygen atoms in total. The van der Waals surface area contributed by atoms with Gasteiger partial charge < -0.3 is 16.3 Å². The minimum absolute atomic E-state index is 0.0750. The number of nitrogens with one attached hydrogen (secondary N) is 1.